The molecule has 18 heavy (non-hydrogen) atoms. The molecule has 5 heteroatoms. The number of nitrogens with one attached hydrogen (secondary N) is 1. The van der Waals surface area contributed by atoms with Gasteiger partial charge in [0.25, 0.3) is 0 Å². The van der Waals surface area contributed by atoms with Crippen LogP contribution in [-0.2, 0) is 11.3 Å². The summed E-state index contributed by atoms with van der Waals surface area (Å²) in [4.78, 5) is 16.2. The largest absolute Gasteiger partial charge is 0.481 e. The van der Waals surface area contributed by atoms with E-state index in [0.29, 0.717) is 5.92 Å². The first-order valence-electron chi connectivity index (χ1n) is 6.34. The van der Waals surface area contributed by atoms with Crippen molar-refractivity contribution in [2.75, 3.05) is 6.54 Å². The lowest BCUT2D eigenvalue weighted by Gasteiger charge is -2.09. The molecule has 2 N–H and O–H groups in total. The number of carbonyl (C=O) groups is 1. The van der Waals surface area contributed by atoms with Crippen LogP contribution in [0.2, 0.25) is 0 Å². The molecule has 102 valence electrons. The third-order valence-electron chi connectivity index (χ3n) is 3.01. The van der Waals surface area contributed by atoms with Gasteiger partial charge in [0.2, 0.25) is 0 Å². The molecule has 1 rings (SSSR count). The van der Waals surface area contributed by atoms with Crippen molar-refractivity contribution in [3.05, 3.63) is 15.6 Å². The van der Waals surface area contributed by atoms with Crippen LogP contribution in [0.15, 0.2) is 0 Å². The van der Waals surface area contributed by atoms with E-state index in [1.807, 2.05) is 6.92 Å². The summed E-state index contributed by atoms with van der Waals surface area (Å²) in [5, 5.41) is 13.1. The summed E-state index contributed by atoms with van der Waals surface area (Å²) in [5.74, 6) is -0.253. The quantitative estimate of drug-likeness (QED) is 0.713. The van der Waals surface area contributed by atoms with E-state index in [2.05, 4.69) is 24.1 Å². The van der Waals surface area contributed by atoms with E-state index in [1.54, 1.807) is 11.3 Å². The lowest BCUT2D eigenvalue weighted by molar-refractivity contribution is -0.137. The molecule has 0 saturated heterocycles. The molecule has 0 aromatic carbocycles. The number of aromatic nitrogens is 1. The van der Waals surface area contributed by atoms with Gasteiger partial charge in [0.15, 0.2) is 0 Å². The average molecular weight is 270 g/mol. The molecule has 0 fully saturated rings. The van der Waals surface area contributed by atoms with E-state index in [1.165, 1.54) is 4.88 Å². The van der Waals surface area contributed by atoms with Gasteiger partial charge in [0.1, 0.15) is 5.01 Å². The number of hydrogen-bond donors (Lipinski definition) is 2. The number of carboxylic acid groups (broad SMARTS) is 1. The van der Waals surface area contributed by atoms with Crippen molar-refractivity contribution in [3.63, 3.8) is 0 Å². The Morgan fingerprint density at radius 2 is 2.17 bits per heavy atom. The summed E-state index contributed by atoms with van der Waals surface area (Å²) < 4.78 is 0. The van der Waals surface area contributed by atoms with Gasteiger partial charge in [0, 0.05) is 17.8 Å². The number of carboxylic acids is 1. The van der Waals surface area contributed by atoms with Crippen LogP contribution in [0.1, 0.15) is 41.8 Å². The van der Waals surface area contributed by atoms with Crippen LogP contribution in [0.25, 0.3) is 0 Å². The molecule has 0 bridgehead atoms. The van der Waals surface area contributed by atoms with Crippen molar-refractivity contribution < 1.29 is 9.90 Å². The molecular formula is C13H22N2O2S. The van der Waals surface area contributed by atoms with Gasteiger partial charge in [-0.3, -0.25) is 4.79 Å². The molecule has 0 amide bonds. The minimum Gasteiger partial charge on any atom is -0.481 e. The van der Waals surface area contributed by atoms with E-state index in [9.17, 15) is 4.79 Å². The molecule has 0 spiro atoms. The standard InChI is InChI=1S/C13H22N2O2S/c1-9(4-5-13(16)17)6-7-14-8-12-15-10(2)11(3)18-12/h9,14H,4-8H2,1-3H3,(H,16,17). The lowest BCUT2D eigenvalue weighted by Crippen LogP contribution is -2.17. The van der Waals surface area contributed by atoms with Crippen LogP contribution in [0.5, 0.6) is 0 Å². The molecule has 1 aromatic rings. The highest BCUT2D eigenvalue weighted by Gasteiger charge is 2.06. The summed E-state index contributed by atoms with van der Waals surface area (Å²) in [7, 11) is 0. The second kappa shape index (κ2) is 7.48. The maximum Gasteiger partial charge on any atom is 0.303 e. The predicted octanol–water partition coefficient (Wildman–Crippen LogP) is 2.74. The highest BCUT2D eigenvalue weighted by atomic mass is 32.1. The van der Waals surface area contributed by atoms with E-state index in [0.717, 1.165) is 36.6 Å². The SMILES string of the molecule is Cc1nc(CNCCC(C)CCC(=O)O)sc1C. The van der Waals surface area contributed by atoms with Crippen LogP contribution in [-0.4, -0.2) is 22.6 Å². The first-order chi connectivity index (χ1) is 8.49. The average Bonchev–Trinajstić information content (AvgIpc) is 2.62. The fourth-order valence-electron chi connectivity index (χ4n) is 1.67. The number of nitrogens with zero attached hydrogens (tertiary/aromatic N) is 1. The molecule has 1 atom stereocenters. The molecule has 0 aliphatic carbocycles. The fraction of sp³-hybridized carbons (Fsp3) is 0.692. The van der Waals surface area contributed by atoms with Crippen molar-refractivity contribution in [1.82, 2.24) is 10.3 Å². The van der Waals surface area contributed by atoms with Gasteiger partial charge in [-0.15, -0.1) is 11.3 Å². The third kappa shape index (κ3) is 5.60. The van der Waals surface area contributed by atoms with E-state index < -0.39 is 5.97 Å². The second-order valence-corrected chi connectivity index (χ2v) is 6.04. The van der Waals surface area contributed by atoms with Crippen molar-refractivity contribution >= 4 is 17.3 Å². The van der Waals surface area contributed by atoms with E-state index >= 15 is 0 Å². The zero-order valence-corrected chi connectivity index (χ0v) is 12.1. The molecule has 0 radical (unpaired) electrons. The predicted molar refractivity (Wildman–Crippen MR) is 73.9 cm³/mol. The van der Waals surface area contributed by atoms with Crippen molar-refractivity contribution in [2.24, 2.45) is 5.92 Å². The lowest BCUT2D eigenvalue weighted by atomic mass is 10.0. The minimum atomic E-state index is -0.705. The Hall–Kier alpha value is -0.940. The van der Waals surface area contributed by atoms with Crippen LogP contribution in [0.3, 0.4) is 0 Å². The van der Waals surface area contributed by atoms with Gasteiger partial charge < -0.3 is 10.4 Å². The Kier molecular flexibility index (Phi) is 6.29. The molecule has 0 aliphatic heterocycles. The maximum absolute atomic E-state index is 10.4. The Labute approximate surface area is 112 Å². The van der Waals surface area contributed by atoms with Gasteiger partial charge in [-0.1, -0.05) is 6.92 Å². The third-order valence-corrected chi connectivity index (χ3v) is 4.09. The second-order valence-electron chi connectivity index (χ2n) is 4.75. The van der Waals surface area contributed by atoms with Crippen LogP contribution in [0.4, 0.5) is 0 Å². The normalized spacial score (nSPS) is 12.6. The van der Waals surface area contributed by atoms with Crippen molar-refractivity contribution in [3.8, 4) is 0 Å². The fourth-order valence-corrected chi connectivity index (χ4v) is 2.58. The first kappa shape index (κ1) is 15.1. The molecule has 0 saturated carbocycles. The Morgan fingerprint density at radius 3 is 2.72 bits per heavy atom. The van der Waals surface area contributed by atoms with E-state index in [4.69, 9.17) is 5.11 Å². The van der Waals surface area contributed by atoms with Crippen LogP contribution in [0, 0.1) is 19.8 Å². The van der Waals surface area contributed by atoms with Crippen molar-refractivity contribution in [1.29, 1.82) is 0 Å². The Bertz CT molecular complexity index is 371. The Morgan fingerprint density at radius 1 is 1.44 bits per heavy atom. The monoisotopic (exact) mass is 270 g/mol. The summed E-state index contributed by atoms with van der Waals surface area (Å²) in [6, 6.07) is 0. The molecule has 1 heterocycles. The number of aliphatic carboxylic acids is 1. The van der Waals surface area contributed by atoms with Crippen LogP contribution < -0.4 is 5.32 Å². The van der Waals surface area contributed by atoms with Gasteiger partial charge in [-0.25, -0.2) is 4.98 Å². The van der Waals surface area contributed by atoms with Gasteiger partial charge in [0.05, 0.1) is 5.69 Å². The highest BCUT2D eigenvalue weighted by molar-refractivity contribution is 7.11. The van der Waals surface area contributed by atoms with Gasteiger partial charge in [-0.05, 0) is 39.2 Å². The summed E-state index contributed by atoms with van der Waals surface area (Å²) >= 11 is 1.74. The minimum absolute atomic E-state index is 0.270. The van der Waals surface area contributed by atoms with Crippen LogP contribution >= 0.6 is 11.3 Å². The van der Waals surface area contributed by atoms with Crippen molar-refractivity contribution in [2.45, 2.75) is 46.6 Å². The molecule has 1 aromatic heterocycles. The summed E-state index contributed by atoms with van der Waals surface area (Å²) in [6.45, 7) is 7.94. The number of hydrogen-bond acceptors (Lipinski definition) is 4. The summed E-state index contributed by atoms with van der Waals surface area (Å²) in [6.07, 6.45) is 2.04. The zero-order valence-electron chi connectivity index (χ0n) is 11.3. The summed E-state index contributed by atoms with van der Waals surface area (Å²) in [5.41, 5.74) is 1.12. The first-order valence-corrected chi connectivity index (χ1v) is 7.16. The molecular weight excluding hydrogens is 248 g/mol. The Balaban J connectivity index is 2.13. The van der Waals surface area contributed by atoms with Gasteiger partial charge >= 0.3 is 5.97 Å². The molecule has 0 aliphatic rings. The smallest absolute Gasteiger partial charge is 0.303 e. The highest BCUT2D eigenvalue weighted by Crippen LogP contribution is 2.16. The topological polar surface area (TPSA) is 62.2 Å². The van der Waals surface area contributed by atoms with Gasteiger partial charge in [-0.2, -0.15) is 0 Å². The number of aryl methyl sites for hydroxylation is 2. The molecule has 4 nitrogen and oxygen atoms in total. The zero-order chi connectivity index (χ0) is 13.5. The van der Waals surface area contributed by atoms with E-state index in [-0.39, 0.29) is 6.42 Å². The number of rotatable bonds is 8. The molecule has 1 unspecified atom stereocenters. The number of thiazole rings is 1. The maximum atomic E-state index is 10.4.